The van der Waals surface area contributed by atoms with Crippen molar-refractivity contribution in [2.24, 2.45) is 5.92 Å². The molecule has 2 saturated heterocycles. The number of nitrogens with zero attached hydrogens (tertiary/aromatic N) is 2. The summed E-state index contributed by atoms with van der Waals surface area (Å²) in [4.78, 5) is 16.7. The molecule has 0 radical (unpaired) electrons. The van der Waals surface area contributed by atoms with Crippen molar-refractivity contribution in [2.75, 3.05) is 52.5 Å². The summed E-state index contributed by atoms with van der Waals surface area (Å²) in [6, 6.07) is 0. The molecule has 20 heavy (non-hydrogen) atoms. The highest BCUT2D eigenvalue weighted by atomic mass is 16.5. The van der Waals surface area contributed by atoms with Crippen molar-refractivity contribution in [1.29, 1.82) is 0 Å². The minimum absolute atomic E-state index is 0.134. The molecule has 2 aliphatic rings. The lowest BCUT2D eigenvalue weighted by molar-refractivity contribution is -0.124. The third kappa shape index (κ3) is 5.38. The molecule has 2 fully saturated rings. The van der Waals surface area contributed by atoms with Gasteiger partial charge in [-0.15, -0.1) is 0 Å². The molecule has 0 bridgehead atoms. The molecule has 0 aromatic carbocycles. The van der Waals surface area contributed by atoms with Gasteiger partial charge in [0.25, 0.3) is 0 Å². The monoisotopic (exact) mass is 283 g/mol. The summed E-state index contributed by atoms with van der Waals surface area (Å²) in [6.45, 7) is 13.7. The minimum Gasteiger partial charge on any atom is -0.381 e. The molecule has 5 heteroatoms. The third-order valence-corrected chi connectivity index (χ3v) is 3.89. The van der Waals surface area contributed by atoms with E-state index in [-0.39, 0.29) is 11.4 Å². The summed E-state index contributed by atoms with van der Waals surface area (Å²) in [7, 11) is 0. The van der Waals surface area contributed by atoms with Crippen molar-refractivity contribution in [3.63, 3.8) is 0 Å². The zero-order valence-corrected chi connectivity index (χ0v) is 13.2. The summed E-state index contributed by atoms with van der Waals surface area (Å²) >= 11 is 0. The first-order valence-corrected chi connectivity index (χ1v) is 7.76. The maximum absolute atomic E-state index is 11.9. The van der Waals surface area contributed by atoms with Crippen molar-refractivity contribution in [1.82, 2.24) is 15.1 Å². The van der Waals surface area contributed by atoms with Crippen molar-refractivity contribution in [3.05, 3.63) is 0 Å². The van der Waals surface area contributed by atoms with E-state index in [9.17, 15) is 4.79 Å². The smallest absolute Gasteiger partial charge is 0.234 e. The van der Waals surface area contributed by atoms with Crippen LogP contribution in [0.2, 0.25) is 0 Å². The number of carbonyl (C=O) groups is 1. The Hall–Kier alpha value is -0.650. The lowest BCUT2D eigenvalue weighted by Gasteiger charge is -2.35. The minimum atomic E-state index is -0.138. The molecular formula is C15H29N3O2. The van der Waals surface area contributed by atoms with Gasteiger partial charge < -0.3 is 15.0 Å². The van der Waals surface area contributed by atoms with Crippen LogP contribution in [0.4, 0.5) is 0 Å². The van der Waals surface area contributed by atoms with Gasteiger partial charge in [0.1, 0.15) is 0 Å². The van der Waals surface area contributed by atoms with E-state index in [1.807, 2.05) is 20.8 Å². The van der Waals surface area contributed by atoms with Gasteiger partial charge in [0, 0.05) is 44.9 Å². The quantitative estimate of drug-likeness (QED) is 0.819. The standard InChI is InChI=1S/C15H29N3O2/c1-15(2,3)16-14(19)11-18-7-5-17(6-8-18)10-13-4-9-20-12-13/h13H,4-12H2,1-3H3,(H,16,19). The van der Waals surface area contributed by atoms with Gasteiger partial charge >= 0.3 is 0 Å². The summed E-state index contributed by atoms with van der Waals surface area (Å²) in [5, 5.41) is 3.03. The van der Waals surface area contributed by atoms with E-state index in [0.29, 0.717) is 12.5 Å². The number of amides is 1. The molecule has 1 N–H and O–H groups in total. The number of hydrogen-bond acceptors (Lipinski definition) is 4. The number of nitrogens with one attached hydrogen (secondary N) is 1. The van der Waals surface area contributed by atoms with Crippen LogP contribution in [-0.4, -0.2) is 73.7 Å². The van der Waals surface area contributed by atoms with Gasteiger partial charge in [-0.1, -0.05) is 0 Å². The highest BCUT2D eigenvalue weighted by Gasteiger charge is 2.24. The molecule has 116 valence electrons. The van der Waals surface area contributed by atoms with Gasteiger partial charge in [-0.2, -0.15) is 0 Å². The summed E-state index contributed by atoms with van der Waals surface area (Å²) in [5.74, 6) is 0.848. The average Bonchev–Trinajstić information content (AvgIpc) is 2.82. The van der Waals surface area contributed by atoms with Crippen LogP contribution in [0.5, 0.6) is 0 Å². The molecule has 1 amide bonds. The van der Waals surface area contributed by atoms with E-state index >= 15 is 0 Å². The topological polar surface area (TPSA) is 44.8 Å². The molecule has 1 atom stereocenters. The van der Waals surface area contributed by atoms with Crippen molar-refractivity contribution in [2.45, 2.75) is 32.7 Å². The van der Waals surface area contributed by atoms with E-state index in [4.69, 9.17) is 4.74 Å². The third-order valence-electron chi connectivity index (χ3n) is 3.89. The number of piperazine rings is 1. The number of hydrogen-bond donors (Lipinski definition) is 1. The molecule has 0 saturated carbocycles. The van der Waals surface area contributed by atoms with Gasteiger partial charge in [0.05, 0.1) is 13.2 Å². The molecule has 2 heterocycles. The van der Waals surface area contributed by atoms with Gasteiger partial charge in [0.2, 0.25) is 5.91 Å². The average molecular weight is 283 g/mol. The Morgan fingerprint density at radius 2 is 1.85 bits per heavy atom. The molecule has 5 nitrogen and oxygen atoms in total. The fraction of sp³-hybridized carbons (Fsp3) is 0.933. The summed E-state index contributed by atoms with van der Waals surface area (Å²) < 4.78 is 5.43. The Kier molecular flexibility index (Phi) is 5.41. The number of carbonyl (C=O) groups excluding carboxylic acids is 1. The first kappa shape index (κ1) is 15.7. The molecule has 1 unspecified atom stereocenters. The molecule has 0 spiro atoms. The van der Waals surface area contributed by atoms with E-state index in [1.165, 1.54) is 6.42 Å². The van der Waals surface area contributed by atoms with Crippen LogP contribution in [0.25, 0.3) is 0 Å². The molecular weight excluding hydrogens is 254 g/mol. The van der Waals surface area contributed by atoms with Crippen LogP contribution in [-0.2, 0) is 9.53 Å². The van der Waals surface area contributed by atoms with E-state index in [0.717, 1.165) is 45.9 Å². The van der Waals surface area contributed by atoms with Crippen LogP contribution >= 0.6 is 0 Å². The highest BCUT2D eigenvalue weighted by molar-refractivity contribution is 5.78. The normalized spacial score (nSPS) is 25.9. The molecule has 2 rings (SSSR count). The second-order valence-electron chi connectivity index (χ2n) is 7.10. The van der Waals surface area contributed by atoms with Crippen LogP contribution in [0.3, 0.4) is 0 Å². The van der Waals surface area contributed by atoms with Crippen LogP contribution in [0.1, 0.15) is 27.2 Å². The maximum atomic E-state index is 11.9. The largest absolute Gasteiger partial charge is 0.381 e. The Balaban J connectivity index is 1.64. The molecule has 2 aliphatic heterocycles. The van der Waals surface area contributed by atoms with Gasteiger partial charge in [-0.3, -0.25) is 9.69 Å². The van der Waals surface area contributed by atoms with E-state index in [1.54, 1.807) is 0 Å². The zero-order valence-electron chi connectivity index (χ0n) is 13.2. The highest BCUT2D eigenvalue weighted by Crippen LogP contribution is 2.15. The van der Waals surface area contributed by atoms with Crippen molar-refractivity contribution in [3.8, 4) is 0 Å². The van der Waals surface area contributed by atoms with Crippen LogP contribution in [0.15, 0.2) is 0 Å². The predicted molar refractivity (Wildman–Crippen MR) is 79.7 cm³/mol. The number of ether oxygens (including phenoxy) is 1. The Morgan fingerprint density at radius 3 is 2.40 bits per heavy atom. The second kappa shape index (κ2) is 6.87. The van der Waals surface area contributed by atoms with Crippen molar-refractivity contribution < 1.29 is 9.53 Å². The van der Waals surface area contributed by atoms with Gasteiger partial charge in [-0.05, 0) is 33.1 Å². The summed E-state index contributed by atoms with van der Waals surface area (Å²) in [6.07, 6.45) is 1.20. The van der Waals surface area contributed by atoms with Gasteiger partial charge in [-0.25, -0.2) is 0 Å². The van der Waals surface area contributed by atoms with Crippen molar-refractivity contribution >= 4 is 5.91 Å². The lowest BCUT2D eigenvalue weighted by Crippen LogP contribution is -2.52. The molecule has 0 aliphatic carbocycles. The maximum Gasteiger partial charge on any atom is 0.234 e. The molecule has 0 aromatic rings. The lowest BCUT2D eigenvalue weighted by atomic mass is 10.1. The Labute approximate surface area is 122 Å². The predicted octanol–water partition coefficient (Wildman–Crippen LogP) is 0.555. The second-order valence-corrected chi connectivity index (χ2v) is 7.10. The zero-order chi connectivity index (χ0) is 14.6. The van der Waals surface area contributed by atoms with Crippen LogP contribution < -0.4 is 5.32 Å². The summed E-state index contributed by atoms with van der Waals surface area (Å²) in [5.41, 5.74) is -0.138. The number of rotatable bonds is 4. The van der Waals surface area contributed by atoms with E-state index in [2.05, 4.69) is 15.1 Å². The Morgan fingerprint density at radius 1 is 1.20 bits per heavy atom. The van der Waals surface area contributed by atoms with Gasteiger partial charge in [0.15, 0.2) is 0 Å². The van der Waals surface area contributed by atoms with Crippen LogP contribution in [0, 0.1) is 5.92 Å². The fourth-order valence-electron chi connectivity index (χ4n) is 2.88. The Bertz CT molecular complexity index is 314. The molecule has 0 aromatic heterocycles. The first-order chi connectivity index (χ1) is 9.42. The first-order valence-electron chi connectivity index (χ1n) is 7.76. The SMILES string of the molecule is CC(C)(C)NC(=O)CN1CCN(CC2CCOC2)CC1. The fourth-order valence-corrected chi connectivity index (χ4v) is 2.88. The van der Waals surface area contributed by atoms with E-state index < -0.39 is 0 Å².